The number of rotatable bonds is 12. The standard InChI is InChI=1S/C33H32N6O6/c40-26(37-29(21-9-6-15-34-19-21)25-18-20-8-7-17-36-31(20)45-25)12-3-1-2-4-16-35-23-11-5-10-22-28(23)33(44)39(32(22)43)24-13-14-27(41)38-30(24)42/h5-11,15,17-19,24,29,35H,1-4,12-14,16H2,(H,37,40)(H,38,41,42). The average Bonchev–Trinajstić information content (AvgIpc) is 3.58. The first kappa shape index (κ1) is 29.7. The van der Waals surface area contributed by atoms with E-state index in [9.17, 15) is 24.0 Å². The van der Waals surface area contributed by atoms with E-state index in [1.807, 2.05) is 30.3 Å². The number of hydrogen-bond acceptors (Lipinski definition) is 9. The van der Waals surface area contributed by atoms with Crippen molar-refractivity contribution in [2.75, 3.05) is 11.9 Å². The Balaban J connectivity index is 0.978. The van der Waals surface area contributed by atoms with Crippen LogP contribution in [0.2, 0.25) is 0 Å². The van der Waals surface area contributed by atoms with Crippen molar-refractivity contribution in [1.29, 1.82) is 0 Å². The lowest BCUT2D eigenvalue weighted by Gasteiger charge is -2.27. The summed E-state index contributed by atoms with van der Waals surface area (Å²) in [4.78, 5) is 72.5. The van der Waals surface area contributed by atoms with Crippen molar-refractivity contribution in [3.63, 3.8) is 0 Å². The lowest BCUT2D eigenvalue weighted by molar-refractivity contribution is -0.136. The number of furan rings is 1. The molecule has 0 saturated carbocycles. The van der Waals surface area contributed by atoms with Gasteiger partial charge in [0.15, 0.2) is 0 Å². The molecule has 12 nitrogen and oxygen atoms in total. The fourth-order valence-electron chi connectivity index (χ4n) is 5.78. The fraction of sp³-hybridized carbons (Fsp3) is 0.303. The molecule has 0 bridgehead atoms. The molecule has 45 heavy (non-hydrogen) atoms. The van der Waals surface area contributed by atoms with Crippen LogP contribution in [0, 0.1) is 0 Å². The minimum Gasteiger partial charge on any atom is -0.440 e. The Bertz CT molecular complexity index is 1740. The molecule has 6 rings (SSSR count). The van der Waals surface area contributed by atoms with Crippen LogP contribution in [0.1, 0.15) is 83.0 Å². The molecule has 1 aromatic carbocycles. The van der Waals surface area contributed by atoms with E-state index >= 15 is 0 Å². The Morgan fingerprint density at radius 2 is 1.84 bits per heavy atom. The number of carbonyl (C=O) groups is 5. The zero-order valence-corrected chi connectivity index (χ0v) is 24.5. The highest BCUT2D eigenvalue weighted by molar-refractivity contribution is 6.25. The third kappa shape index (κ3) is 6.30. The van der Waals surface area contributed by atoms with Crippen LogP contribution in [-0.2, 0) is 14.4 Å². The van der Waals surface area contributed by atoms with E-state index in [1.165, 1.54) is 0 Å². The van der Waals surface area contributed by atoms with Gasteiger partial charge in [-0.2, -0.15) is 0 Å². The highest BCUT2D eigenvalue weighted by Crippen LogP contribution is 2.32. The van der Waals surface area contributed by atoms with Gasteiger partial charge in [0.1, 0.15) is 17.8 Å². The van der Waals surface area contributed by atoms with E-state index in [-0.39, 0.29) is 29.9 Å². The average molecular weight is 609 g/mol. The molecule has 3 aromatic heterocycles. The molecule has 5 heterocycles. The van der Waals surface area contributed by atoms with Crippen LogP contribution in [0.25, 0.3) is 11.1 Å². The van der Waals surface area contributed by atoms with Crippen LogP contribution < -0.4 is 16.0 Å². The van der Waals surface area contributed by atoms with E-state index in [0.29, 0.717) is 36.5 Å². The third-order valence-electron chi connectivity index (χ3n) is 8.03. The maximum Gasteiger partial charge on any atom is 0.264 e. The first-order valence-electron chi connectivity index (χ1n) is 15.0. The van der Waals surface area contributed by atoms with Gasteiger partial charge < -0.3 is 15.1 Å². The SMILES string of the molecule is O=C1CCC(N2C(=O)c3cccc(NCCCCCCC(=O)NC(c4cccnc4)c4cc5cccnc5o4)c3C2=O)C(=O)N1. The molecule has 2 aliphatic rings. The molecular formula is C33H32N6O6. The molecule has 2 atom stereocenters. The molecule has 1 saturated heterocycles. The Morgan fingerprint density at radius 3 is 2.64 bits per heavy atom. The lowest BCUT2D eigenvalue weighted by atomic mass is 10.0. The van der Waals surface area contributed by atoms with Gasteiger partial charge in [0.2, 0.25) is 23.4 Å². The van der Waals surface area contributed by atoms with Crippen molar-refractivity contribution in [2.45, 2.75) is 57.0 Å². The second kappa shape index (κ2) is 13.1. The Labute approximate surface area is 258 Å². The number of nitrogens with one attached hydrogen (secondary N) is 3. The van der Waals surface area contributed by atoms with Crippen LogP contribution >= 0.6 is 0 Å². The molecule has 5 amide bonds. The number of aromatic nitrogens is 2. The van der Waals surface area contributed by atoms with Gasteiger partial charge in [-0.05, 0) is 55.7 Å². The second-order valence-corrected chi connectivity index (χ2v) is 11.1. The van der Waals surface area contributed by atoms with Gasteiger partial charge in [-0.1, -0.05) is 25.0 Å². The van der Waals surface area contributed by atoms with Gasteiger partial charge in [-0.25, -0.2) is 4.98 Å². The number of fused-ring (bicyclic) bond motifs is 2. The zero-order chi connectivity index (χ0) is 31.3. The zero-order valence-electron chi connectivity index (χ0n) is 24.5. The number of nitrogens with zero attached hydrogens (tertiary/aromatic N) is 3. The lowest BCUT2D eigenvalue weighted by Crippen LogP contribution is -2.54. The largest absolute Gasteiger partial charge is 0.440 e. The van der Waals surface area contributed by atoms with Crippen molar-refractivity contribution < 1.29 is 28.4 Å². The van der Waals surface area contributed by atoms with E-state index in [0.717, 1.165) is 35.1 Å². The number of hydrogen-bond donors (Lipinski definition) is 3. The summed E-state index contributed by atoms with van der Waals surface area (Å²) in [5, 5.41) is 9.40. The predicted molar refractivity (Wildman–Crippen MR) is 163 cm³/mol. The van der Waals surface area contributed by atoms with E-state index < -0.39 is 35.7 Å². The van der Waals surface area contributed by atoms with Gasteiger partial charge >= 0.3 is 0 Å². The summed E-state index contributed by atoms with van der Waals surface area (Å²) >= 11 is 0. The van der Waals surface area contributed by atoms with Crippen LogP contribution in [0.15, 0.2) is 71.5 Å². The number of pyridine rings is 2. The van der Waals surface area contributed by atoms with Gasteiger partial charge in [-0.15, -0.1) is 0 Å². The summed E-state index contributed by atoms with van der Waals surface area (Å²) in [6, 6.07) is 12.8. The fourth-order valence-corrected chi connectivity index (χ4v) is 5.78. The van der Waals surface area contributed by atoms with Gasteiger partial charge in [0, 0.05) is 54.6 Å². The molecule has 0 radical (unpaired) electrons. The molecule has 2 aliphatic heterocycles. The Kier molecular flexibility index (Phi) is 8.63. The topological polar surface area (TPSA) is 164 Å². The third-order valence-corrected chi connectivity index (χ3v) is 8.03. The van der Waals surface area contributed by atoms with Crippen molar-refractivity contribution in [2.24, 2.45) is 0 Å². The van der Waals surface area contributed by atoms with E-state index in [4.69, 9.17) is 4.42 Å². The van der Waals surface area contributed by atoms with Gasteiger partial charge in [-0.3, -0.25) is 39.2 Å². The first-order valence-corrected chi connectivity index (χ1v) is 15.0. The number of unbranched alkanes of at least 4 members (excludes halogenated alkanes) is 3. The smallest absolute Gasteiger partial charge is 0.264 e. The molecule has 230 valence electrons. The summed E-state index contributed by atoms with van der Waals surface area (Å²) < 4.78 is 5.94. The molecule has 0 aliphatic carbocycles. The monoisotopic (exact) mass is 608 g/mol. The molecule has 4 aromatic rings. The van der Waals surface area contributed by atoms with Crippen molar-refractivity contribution in [3.8, 4) is 0 Å². The summed E-state index contributed by atoms with van der Waals surface area (Å²) in [6.07, 6.45) is 8.73. The normalized spacial score (nSPS) is 16.9. The summed E-state index contributed by atoms with van der Waals surface area (Å²) in [5.41, 5.74) is 2.33. The van der Waals surface area contributed by atoms with Gasteiger partial charge in [0.25, 0.3) is 11.8 Å². The summed E-state index contributed by atoms with van der Waals surface area (Å²) in [6.45, 7) is 0.561. The highest BCUT2D eigenvalue weighted by Gasteiger charge is 2.45. The van der Waals surface area contributed by atoms with E-state index in [1.54, 1.807) is 36.8 Å². The summed E-state index contributed by atoms with van der Waals surface area (Å²) in [7, 11) is 0. The van der Waals surface area contributed by atoms with Crippen LogP contribution in [-0.4, -0.2) is 57.0 Å². The molecule has 1 fully saturated rings. The Morgan fingerprint density at radius 1 is 1.00 bits per heavy atom. The van der Waals surface area contributed by atoms with E-state index in [2.05, 4.69) is 25.9 Å². The molecule has 3 N–H and O–H groups in total. The quantitative estimate of drug-likeness (QED) is 0.160. The van der Waals surface area contributed by atoms with Crippen molar-refractivity contribution in [3.05, 3.63) is 89.6 Å². The minimum absolute atomic E-state index is 0.0701. The number of carbonyl (C=O) groups excluding carboxylic acids is 5. The number of piperidine rings is 1. The highest BCUT2D eigenvalue weighted by atomic mass is 16.3. The molecular weight excluding hydrogens is 576 g/mol. The number of amides is 5. The molecule has 0 spiro atoms. The maximum absolute atomic E-state index is 13.2. The summed E-state index contributed by atoms with van der Waals surface area (Å²) in [5.74, 6) is -1.63. The minimum atomic E-state index is -1.00. The van der Waals surface area contributed by atoms with Gasteiger partial charge in [0.05, 0.1) is 11.1 Å². The predicted octanol–water partition coefficient (Wildman–Crippen LogP) is 3.89. The van der Waals surface area contributed by atoms with Crippen molar-refractivity contribution >= 4 is 46.3 Å². The number of imide groups is 2. The second-order valence-electron chi connectivity index (χ2n) is 11.1. The molecule has 12 heteroatoms. The Hall–Kier alpha value is -5.39. The van der Waals surface area contributed by atoms with Crippen LogP contribution in [0.3, 0.4) is 0 Å². The first-order chi connectivity index (χ1) is 21.9. The number of benzene rings is 1. The molecule has 2 unspecified atom stereocenters. The maximum atomic E-state index is 13.2. The van der Waals surface area contributed by atoms with Crippen LogP contribution in [0.5, 0.6) is 0 Å². The van der Waals surface area contributed by atoms with Crippen LogP contribution in [0.4, 0.5) is 5.69 Å². The number of anilines is 1. The van der Waals surface area contributed by atoms with Crippen molar-refractivity contribution in [1.82, 2.24) is 25.5 Å².